The van der Waals surface area contributed by atoms with Crippen molar-refractivity contribution < 1.29 is 4.79 Å². The standard InChI is InChI=1S/C29H38N6O/c1-6-11-30-23-9-12-33(13-10-23)24-14-20(3)27-8-7-19(2)25(15-29(36)34(27)18-24)26-16-28-22(5)31-21(4)17-35(28)32-26/h8,14-19,23,30H,6-7,9-13H2,1-5H3. The maximum atomic E-state index is 13.7. The molecule has 7 heteroatoms. The second-order valence-electron chi connectivity index (χ2n) is 10.5. The molecule has 0 radical (unpaired) electrons. The molecular weight excluding hydrogens is 448 g/mol. The Bertz CT molecular complexity index is 1290. The minimum absolute atomic E-state index is 0.0182. The Hall–Kier alpha value is -3.19. The van der Waals surface area contributed by atoms with Crippen LogP contribution in [-0.4, -0.2) is 56.0 Å². The van der Waals surface area contributed by atoms with Gasteiger partial charge in [-0.2, -0.15) is 5.10 Å². The molecule has 0 spiro atoms. The van der Waals surface area contributed by atoms with Crippen LogP contribution >= 0.6 is 0 Å². The lowest BCUT2D eigenvalue weighted by Crippen LogP contribution is -2.43. The molecule has 1 fully saturated rings. The molecule has 36 heavy (non-hydrogen) atoms. The van der Waals surface area contributed by atoms with Crippen molar-refractivity contribution in [1.29, 1.82) is 0 Å². The van der Waals surface area contributed by atoms with Crippen LogP contribution in [0.25, 0.3) is 11.1 Å². The predicted molar refractivity (Wildman–Crippen MR) is 144 cm³/mol. The molecule has 1 amide bonds. The number of piperidine rings is 1. The molecular formula is C29H38N6O. The van der Waals surface area contributed by atoms with Crippen LogP contribution in [-0.2, 0) is 4.79 Å². The highest BCUT2D eigenvalue weighted by Gasteiger charge is 2.28. The maximum Gasteiger partial charge on any atom is 0.255 e. The van der Waals surface area contributed by atoms with E-state index >= 15 is 0 Å². The van der Waals surface area contributed by atoms with Gasteiger partial charge in [-0.15, -0.1) is 0 Å². The second kappa shape index (κ2) is 10.1. The highest BCUT2D eigenvalue weighted by molar-refractivity contribution is 5.98. The lowest BCUT2D eigenvalue weighted by Gasteiger charge is -2.38. The molecule has 7 nitrogen and oxygen atoms in total. The smallest absolute Gasteiger partial charge is 0.255 e. The molecule has 0 saturated carbocycles. The van der Waals surface area contributed by atoms with Crippen LogP contribution in [0.2, 0.25) is 0 Å². The van der Waals surface area contributed by atoms with E-state index in [9.17, 15) is 4.79 Å². The van der Waals surface area contributed by atoms with Gasteiger partial charge in [0.1, 0.15) is 0 Å². The molecule has 0 bridgehead atoms. The van der Waals surface area contributed by atoms with Crippen LogP contribution in [0.5, 0.6) is 0 Å². The Morgan fingerprint density at radius 3 is 2.67 bits per heavy atom. The van der Waals surface area contributed by atoms with E-state index in [1.54, 1.807) is 6.08 Å². The van der Waals surface area contributed by atoms with Gasteiger partial charge >= 0.3 is 0 Å². The Labute approximate surface area is 214 Å². The molecule has 2 aromatic rings. The van der Waals surface area contributed by atoms with E-state index in [0.29, 0.717) is 6.04 Å². The number of aryl methyl sites for hydroxylation is 2. The van der Waals surface area contributed by atoms with E-state index in [4.69, 9.17) is 5.10 Å². The number of nitrogens with zero attached hydrogens (tertiary/aromatic N) is 5. The van der Waals surface area contributed by atoms with Crippen molar-refractivity contribution in [2.24, 2.45) is 5.92 Å². The first-order valence-electron chi connectivity index (χ1n) is 13.3. The summed E-state index contributed by atoms with van der Waals surface area (Å²) in [6.45, 7) is 13.6. The van der Waals surface area contributed by atoms with Crippen LogP contribution in [0.4, 0.5) is 0 Å². The number of nitrogens with one attached hydrogen (secondary N) is 1. The molecule has 1 saturated heterocycles. The molecule has 0 aromatic carbocycles. The minimum atomic E-state index is -0.0182. The largest absolute Gasteiger partial charge is 0.370 e. The molecule has 190 valence electrons. The summed E-state index contributed by atoms with van der Waals surface area (Å²) in [5.41, 5.74) is 7.93. The first-order chi connectivity index (χ1) is 17.3. The minimum Gasteiger partial charge on any atom is -0.370 e. The Balaban J connectivity index is 1.42. The maximum absolute atomic E-state index is 13.7. The van der Waals surface area contributed by atoms with Gasteiger partial charge in [0.2, 0.25) is 0 Å². The van der Waals surface area contributed by atoms with Crippen LogP contribution in [0.3, 0.4) is 0 Å². The van der Waals surface area contributed by atoms with E-state index in [-0.39, 0.29) is 11.8 Å². The van der Waals surface area contributed by atoms with Crippen molar-refractivity contribution in [3.8, 4) is 0 Å². The van der Waals surface area contributed by atoms with Gasteiger partial charge in [0.15, 0.2) is 0 Å². The van der Waals surface area contributed by atoms with Gasteiger partial charge in [-0.25, -0.2) is 4.52 Å². The van der Waals surface area contributed by atoms with E-state index in [1.807, 2.05) is 35.7 Å². The zero-order valence-electron chi connectivity index (χ0n) is 22.2. The van der Waals surface area contributed by atoms with Crippen LogP contribution < -0.4 is 5.32 Å². The molecule has 3 aliphatic heterocycles. The van der Waals surface area contributed by atoms with E-state index in [1.165, 1.54) is 6.42 Å². The number of hydrogen-bond donors (Lipinski definition) is 1. The highest BCUT2D eigenvalue weighted by atomic mass is 16.2. The topological polar surface area (TPSA) is 65.8 Å². The van der Waals surface area contributed by atoms with E-state index in [2.05, 4.69) is 54.2 Å². The van der Waals surface area contributed by atoms with Gasteiger partial charge in [-0.3, -0.25) is 14.7 Å². The van der Waals surface area contributed by atoms with Crippen molar-refractivity contribution in [3.05, 3.63) is 70.7 Å². The number of amides is 1. The third-order valence-corrected chi connectivity index (χ3v) is 7.60. The zero-order valence-corrected chi connectivity index (χ0v) is 22.2. The van der Waals surface area contributed by atoms with Gasteiger partial charge in [0.05, 0.1) is 34.5 Å². The summed E-state index contributed by atoms with van der Waals surface area (Å²) in [6, 6.07) is 2.65. The van der Waals surface area contributed by atoms with Crippen LogP contribution in [0.1, 0.15) is 63.5 Å². The second-order valence-corrected chi connectivity index (χ2v) is 10.5. The molecule has 1 unspecified atom stereocenters. The number of hydrogen-bond acceptors (Lipinski definition) is 5. The first-order valence-corrected chi connectivity index (χ1v) is 13.3. The van der Waals surface area contributed by atoms with Crippen LogP contribution in [0, 0.1) is 19.8 Å². The molecule has 1 atom stereocenters. The first kappa shape index (κ1) is 24.5. The number of allylic oxidation sites excluding steroid dienone is 4. The molecule has 3 aliphatic rings. The molecule has 2 aromatic heterocycles. The summed E-state index contributed by atoms with van der Waals surface area (Å²) in [4.78, 5) is 22.5. The van der Waals surface area contributed by atoms with Gasteiger partial charge in [0.25, 0.3) is 5.91 Å². The van der Waals surface area contributed by atoms with Crippen molar-refractivity contribution in [2.45, 2.75) is 66.3 Å². The van der Waals surface area contributed by atoms with Crippen LogP contribution in [0.15, 0.2) is 53.7 Å². The normalized spacial score (nSPS) is 21.5. The average Bonchev–Trinajstić information content (AvgIpc) is 3.28. The van der Waals surface area contributed by atoms with Gasteiger partial charge in [0, 0.05) is 37.1 Å². The Kier molecular flexibility index (Phi) is 6.84. The van der Waals surface area contributed by atoms with Crippen molar-refractivity contribution in [1.82, 2.24) is 29.7 Å². The lowest BCUT2D eigenvalue weighted by molar-refractivity contribution is -0.122. The number of carbonyl (C=O) groups excluding carboxylic acids is 1. The Morgan fingerprint density at radius 2 is 1.92 bits per heavy atom. The van der Waals surface area contributed by atoms with Crippen molar-refractivity contribution in [3.63, 3.8) is 0 Å². The number of aromatic nitrogens is 3. The third-order valence-electron chi connectivity index (χ3n) is 7.60. The monoisotopic (exact) mass is 486 g/mol. The fourth-order valence-corrected chi connectivity index (χ4v) is 5.55. The molecule has 5 heterocycles. The summed E-state index contributed by atoms with van der Waals surface area (Å²) in [6.07, 6.45) is 14.5. The fraction of sp³-hybridized carbons (Fsp3) is 0.483. The SMILES string of the molecule is CCCNC1CCN(C2=CN3C(=O)C=C(c4cc5c(C)nc(C)cn5n4)C(C)CC=C3C(C)=C2)CC1. The van der Waals surface area contributed by atoms with E-state index in [0.717, 1.165) is 84.0 Å². The van der Waals surface area contributed by atoms with Gasteiger partial charge in [-0.1, -0.05) is 19.9 Å². The van der Waals surface area contributed by atoms with E-state index < -0.39 is 0 Å². The quantitative estimate of drug-likeness (QED) is 0.661. The van der Waals surface area contributed by atoms with Crippen molar-refractivity contribution >= 4 is 17.0 Å². The lowest BCUT2D eigenvalue weighted by atomic mass is 9.91. The molecule has 0 aliphatic carbocycles. The predicted octanol–water partition coefficient (Wildman–Crippen LogP) is 4.75. The fourth-order valence-electron chi connectivity index (χ4n) is 5.55. The van der Waals surface area contributed by atoms with Crippen molar-refractivity contribution in [2.75, 3.05) is 19.6 Å². The number of rotatable bonds is 5. The molecule has 5 rings (SSSR count). The summed E-state index contributed by atoms with van der Waals surface area (Å²) in [5, 5.41) is 8.48. The zero-order chi connectivity index (χ0) is 25.4. The Morgan fingerprint density at radius 1 is 1.14 bits per heavy atom. The summed E-state index contributed by atoms with van der Waals surface area (Å²) in [7, 11) is 0. The number of fused-ring (bicyclic) bond motifs is 2. The summed E-state index contributed by atoms with van der Waals surface area (Å²) < 4.78 is 1.88. The van der Waals surface area contributed by atoms with Gasteiger partial charge in [-0.05, 0) is 82.2 Å². The number of carbonyl (C=O) groups is 1. The summed E-state index contributed by atoms with van der Waals surface area (Å²) in [5.74, 6) is 0.158. The summed E-state index contributed by atoms with van der Waals surface area (Å²) >= 11 is 0. The molecule has 1 N–H and O–H groups in total. The van der Waals surface area contributed by atoms with Gasteiger partial charge < -0.3 is 10.2 Å². The third kappa shape index (κ3) is 4.76. The number of likely N-dealkylation sites (tertiary alicyclic amines) is 1. The highest BCUT2D eigenvalue weighted by Crippen LogP contribution is 2.34. The average molecular weight is 487 g/mol.